The van der Waals surface area contributed by atoms with E-state index in [0.29, 0.717) is 6.61 Å². The quantitative estimate of drug-likeness (QED) is 0.669. The summed E-state index contributed by atoms with van der Waals surface area (Å²) in [7, 11) is -0.325. The van der Waals surface area contributed by atoms with Gasteiger partial charge in [-0.05, 0) is 51.5 Å². The highest BCUT2D eigenvalue weighted by Crippen LogP contribution is 2.50. The van der Waals surface area contributed by atoms with Crippen LogP contribution in [0.4, 0.5) is 0 Å². The van der Waals surface area contributed by atoms with E-state index in [1.807, 2.05) is 24.3 Å². The van der Waals surface area contributed by atoms with Gasteiger partial charge in [-0.2, -0.15) is 0 Å². The van der Waals surface area contributed by atoms with Gasteiger partial charge in [0.25, 0.3) is 0 Å². The van der Waals surface area contributed by atoms with Gasteiger partial charge in [-0.1, -0.05) is 41.9 Å². The largest absolute Gasteiger partial charge is 0.493 e. The Bertz CT molecular complexity index is 787. The van der Waals surface area contributed by atoms with Crippen molar-refractivity contribution >= 4 is 18.7 Å². The molecule has 0 unspecified atom stereocenters. The van der Waals surface area contributed by atoms with Crippen LogP contribution >= 0.6 is 11.6 Å². The Morgan fingerprint density at radius 3 is 2.19 bits per heavy atom. The third-order valence-electron chi connectivity index (χ3n) is 5.96. The van der Waals surface area contributed by atoms with E-state index >= 15 is 0 Å². The van der Waals surface area contributed by atoms with Crippen LogP contribution in [0.25, 0.3) is 0 Å². The third-order valence-corrected chi connectivity index (χ3v) is 6.22. The minimum absolute atomic E-state index is 0.0622. The van der Waals surface area contributed by atoms with Crippen LogP contribution < -0.4 is 4.74 Å². The van der Waals surface area contributed by atoms with E-state index in [-0.39, 0.29) is 30.1 Å². The lowest BCUT2D eigenvalue weighted by atomic mass is 9.60. The molecule has 0 N–H and O–H groups in total. The van der Waals surface area contributed by atoms with E-state index in [1.165, 1.54) is 11.1 Å². The number of hydrogen-bond donors (Lipinski definition) is 0. The van der Waals surface area contributed by atoms with Gasteiger partial charge < -0.3 is 14.0 Å². The number of rotatable bonds is 2. The monoisotopic (exact) mass is 370 g/mol. The van der Waals surface area contributed by atoms with Crippen LogP contribution in [0.1, 0.15) is 44.7 Å². The molecule has 0 bridgehead atoms. The van der Waals surface area contributed by atoms with Crippen molar-refractivity contribution in [3.63, 3.8) is 0 Å². The minimum Gasteiger partial charge on any atom is -0.493 e. The fourth-order valence-corrected chi connectivity index (χ4v) is 3.90. The normalized spacial score (nSPS) is 26.3. The molecule has 0 saturated carbocycles. The molecule has 2 heterocycles. The highest BCUT2D eigenvalue weighted by Gasteiger charge is 2.56. The van der Waals surface area contributed by atoms with Crippen LogP contribution in [0.3, 0.4) is 0 Å². The Morgan fingerprint density at radius 1 is 0.923 bits per heavy atom. The molecular weight excluding hydrogens is 346 g/mol. The third kappa shape index (κ3) is 2.94. The van der Waals surface area contributed by atoms with Crippen molar-refractivity contribution in [1.82, 2.24) is 0 Å². The molecule has 5 heteroatoms. The second-order valence-corrected chi connectivity index (χ2v) is 8.60. The number of hydrogen-bond acceptors (Lipinski definition) is 3. The predicted molar refractivity (Wildman–Crippen MR) is 105 cm³/mol. The van der Waals surface area contributed by atoms with Crippen molar-refractivity contribution in [2.24, 2.45) is 0 Å². The average molecular weight is 371 g/mol. The summed E-state index contributed by atoms with van der Waals surface area (Å²) in [6, 6.07) is 16.3. The van der Waals surface area contributed by atoms with Gasteiger partial charge in [-0.15, -0.1) is 0 Å². The standard InChI is InChI=1S/C21H24BClO3/c1-20(2)21(3,4)26-22(25-20)17-13-24-18-8-6-5-7-16(18)19(17)14-9-11-15(23)12-10-14/h5-12,17,19H,13H2,1-4H3/t17-,19+/m1/s1. The average Bonchev–Trinajstić information content (AvgIpc) is 2.82. The molecule has 136 valence electrons. The van der Waals surface area contributed by atoms with Gasteiger partial charge in [0.05, 0.1) is 17.8 Å². The Kier molecular flexibility index (Phi) is 4.34. The fraction of sp³-hybridized carbons (Fsp3) is 0.429. The topological polar surface area (TPSA) is 27.7 Å². The second-order valence-electron chi connectivity index (χ2n) is 8.17. The van der Waals surface area contributed by atoms with Crippen molar-refractivity contribution in [1.29, 1.82) is 0 Å². The first-order valence-corrected chi connectivity index (χ1v) is 9.49. The summed E-state index contributed by atoms with van der Waals surface area (Å²) in [5.41, 5.74) is 1.64. The van der Waals surface area contributed by atoms with Crippen LogP contribution in [-0.2, 0) is 9.31 Å². The summed E-state index contributed by atoms with van der Waals surface area (Å²) >= 11 is 6.12. The van der Waals surface area contributed by atoms with Crippen LogP contribution in [0.5, 0.6) is 5.75 Å². The molecule has 26 heavy (non-hydrogen) atoms. The Hall–Kier alpha value is -1.49. The molecule has 3 nitrogen and oxygen atoms in total. The number of para-hydroxylation sites is 1. The summed E-state index contributed by atoms with van der Waals surface area (Å²) < 4.78 is 18.8. The van der Waals surface area contributed by atoms with Crippen LogP contribution in [0.15, 0.2) is 48.5 Å². The van der Waals surface area contributed by atoms with Crippen LogP contribution in [0, 0.1) is 0 Å². The molecular formula is C21H24BClO3. The molecule has 2 aromatic carbocycles. The first-order chi connectivity index (χ1) is 12.3. The molecule has 4 rings (SSSR count). The maximum atomic E-state index is 6.37. The van der Waals surface area contributed by atoms with Crippen molar-refractivity contribution < 1.29 is 14.0 Å². The molecule has 2 aliphatic rings. The van der Waals surface area contributed by atoms with Gasteiger partial charge in [0.2, 0.25) is 0 Å². The zero-order valence-electron chi connectivity index (χ0n) is 15.7. The van der Waals surface area contributed by atoms with Crippen molar-refractivity contribution in [3.8, 4) is 5.75 Å². The smallest absolute Gasteiger partial charge is 0.465 e. The Balaban J connectivity index is 1.76. The van der Waals surface area contributed by atoms with E-state index in [2.05, 4.69) is 52.0 Å². The molecule has 2 aliphatic heterocycles. The van der Waals surface area contributed by atoms with E-state index in [0.717, 1.165) is 10.8 Å². The first-order valence-electron chi connectivity index (χ1n) is 9.11. The number of benzene rings is 2. The molecule has 1 fully saturated rings. The molecule has 0 amide bonds. The minimum atomic E-state index is -0.362. The summed E-state index contributed by atoms with van der Waals surface area (Å²) in [5.74, 6) is 1.12. The highest BCUT2D eigenvalue weighted by atomic mass is 35.5. The molecule has 2 aromatic rings. The lowest BCUT2D eigenvalue weighted by Gasteiger charge is -2.35. The Morgan fingerprint density at radius 2 is 1.54 bits per heavy atom. The highest BCUT2D eigenvalue weighted by molar-refractivity contribution is 6.48. The van der Waals surface area contributed by atoms with Gasteiger partial charge in [-0.3, -0.25) is 0 Å². The first kappa shape index (κ1) is 17.9. The Labute approximate surface area is 160 Å². The summed E-state index contributed by atoms with van der Waals surface area (Å²) in [4.78, 5) is 0. The van der Waals surface area contributed by atoms with Gasteiger partial charge in [0.1, 0.15) is 5.75 Å². The van der Waals surface area contributed by atoms with E-state index in [4.69, 9.17) is 25.6 Å². The maximum absolute atomic E-state index is 6.37. The van der Waals surface area contributed by atoms with Crippen molar-refractivity contribution in [2.45, 2.75) is 50.6 Å². The molecule has 2 atom stereocenters. The van der Waals surface area contributed by atoms with Crippen LogP contribution in [0.2, 0.25) is 10.8 Å². The molecule has 0 aromatic heterocycles. The molecule has 0 aliphatic carbocycles. The van der Waals surface area contributed by atoms with Crippen molar-refractivity contribution in [3.05, 3.63) is 64.7 Å². The second kappa shape index (κ2) is 6.30. The number of fused-ring (bicyclic) bond motifs is 1. The van der Waals surface area contributed by atoms with Crippen LogP contribution in [-0.4, -0.2) is 24.9 Å². The number of halogens is 1. The van der Waals surface area contributed by atoms with Gasteiger partial charge in [0, 0.05) is 22.3 Å². The molecule has 0 spiro atoms. The summed E-state index contributed by atoms with van der Waals surface area (Å²) in [6.45, 7) is 8.90. The maximum Gasteiger partial charge on any atom is 0.465 e. The fourth-order valence-electron chi connectivity index (χ4n) is 3.78. The van der Waals surface area contributed by atoms with Gasteiger partial charge in [0.15, 0.2) is 0 Å². The van der Waals surface area contributed by atoms with Gasteiger partial charge in [-0.25, -0.2) is 0 Å². The van der Waals surface area contributed by atoms with E-state index < -0.39 is 0 Å². The zero-order valence-corrected chi connectivity index (χ0v) is 16.4. The zero-order chi connectivity index (χ0) is 18.5. The lowest BCUT2D eigenvalue weighted by molar-refractivity contribution is 0.00578. The SMILES string of the molecule is CC1(C)OB([C@@H]2COc3ccccc3[C@@H]2c2ccc(Cl)cc2)OC1(C)C. The predicted octanol–water partition coefficient (Wildman–Crippen LogP) is 5.33. The van der Waals surface area contributed by atoms with Gasteiger partial charge >= 0.3 is 7.12 Å². The number of ether oxygens (including phenoxy) is 1. The van der Waals surface area contributed by atoms with E-state index in [9.17, 15) is 0 Å². The van der Waals surface area contributed by atoms with Crippen molar-refractivity contribution in [2.75, 3.05) is 6.61 Å². The summed E-state index contributed by atoms with van der Waals surface area (Å²) in [6.07, 6.45) is 0. The molecule has 0 radical (unpaired) electrons. The van der Waals surface area contributed by atoms with E-state index in [1.54, 1.807) is 0 Å². The summed E-state index contributed by atoms with van der Waals surface area (Å²) in [5, 5.41) is 0.737. The lowest BCUT2D eigenvalue weighted by Crippen LogP contribution is -2.41. The molecule has 1 saturated heterocycles.